The average Bonchev–Trinajstić information content (AvgIpc) is 2.37. The maximum absolute atomic E-state index is 12.0. The molecule has 2 heterocycles. The topological polar surface area (TPSA) is 92.9 Å². The summed E-state index contributed by atoms with van der Waals surface area (Å²) in [7, 11) is 0. The third-order valence-electron chi connectivity index (χ3n) is 2.51. The summed E-state index contributed by atoms with van der Waals surface area (Å²) in [6.45, 7) is 3.83. The molecule has 6 nitrogen and oxygen atoms in total. The molecule has 0 aliphatic heterocycles. The number of amides is 1. The zero-order valence-electron chi connectivity index (χ0n) is 10.8. The van der Waals surface area contributed by atoms with Crippen molar-refractivity contribution in [3.05, 3.63) is 47.3 Å². The van der Waals surface area contributed by atoms with Gasteiger partial charge in [-0.05, 0) is 43.7 Å². The molecule has 0 aliphatic rings. The van der Waals surface area contributed by atoms with Crippen molar-refractivity contribution in [1.29, 1.82) is 0 Å². The van der Waals surface area contributed by atoms with Crippen LogP contribution in [0, 0.1) is 13.8 Å². The smallest absolute Gasteiger partial charge is 0.258 e. The Morgan fingerprint density at radius 2 is 2.00 bits per heavy atom. The molecule has 0 atom stereocenters. The van der Waals surface area contributed by atoms with Gasteiger partial charge in [0.2, 0.25) is 0 Å². The first-order chi connectivity index (χ1) is 9.08. The first-order valence-corrected chi connectivity index (χ1v) is 5.78. The van der Waals surface area contributed by atoms with Crippen molar-refractivity contribution in [2.24, 2.45) is 5.84 Å². The lowest BCUT2D eigenvalue weighted by atomic mass is 10.2. The van der Waals surface area contributed by atoms with Crippen LogP contribution in [0.5, 0.6) is 0 Å². The second-order valence-electron chi connectivity index (χ2n) is 4.20. The number of aryl methyl sites for hydroxylation is 2. The van der Waals surface area contributed by atoms with Crippen LogP contribution in [0.1, 0.15) is 21.6 Å². The summed E-state index contributed by atoms with van der Waals surface area (Å²) < 4.78 is 0. The second kappa shape index (κ2) is 5.45. The molecule has 0 saturated heterocycles. The van der Waals surface area contributed by atoms with Crippen LogP contribution in [-0.4, -0.2) is 15.9 Å². The summed E-state index contributed by atoms with van der Waals surface area (Å²) in [5, 5.41) is 2.74. The Labute approximate surface area is 111 Å². The number of pyridine rings is 2. The largest absolute Gasteiger partial charge is 0.308 e. The molecule has 4 N–H and O–H groups in total. The summed E-state index contributed by atoms with van der Waals surface area (Å²) in [6.07, 6.45) is 1.45. The molecule has 1 amide bonds. The lowest BCUT2D eigenvalue weighted by Crippen LogP contribution is -2.14. The molecule has 0 saturated carbocycles. The van der Waals surface area contributed by atoms with Crippen molar-refractivity contribution in [2.45, 2.75) is 13.8 Å². The van der Waals surface area contributed by atoms with Gasteiger partial charge in [-0.15, -0.1) is 0 Å². The fourth-order valence-electron chi connectivity index (χ4n) is 1.71. The predicted octanol–water partition coefficient (Wildman–Crippen LogP) is 1.63. The van der Waals surface area contributed by atoms with Crippen LogP contribution >= 0.6 is 0 Å². The molecule has 6 heteroatoms. The first kappa shape index (κ1) is 13.0. The summed E-state index contributed by atoms with van der Waals surface area (Å²) >= 11 is 0. The molecule has 0 radical (unpaired) electrons. The van der Waals surface area contributed by atoms with E-state index in [0.717, 1.165) is 11.3 Å². The van der Waals surface area contributed by atoms with Gasteiger partial charge in [0.1, 0.15) is 11.6 Å². The van der Waals surface area contributed by atoms with E-state index < -0.39 is 0 Å². The van der Waals surface area contributed by atoms with Crippen LogP contribution in [0.15, 0.2) is 30.5 Å². The highest BCUT2D eigenvalue weighted by atomic mass is 16.1. The van der Waals surface area contributed by atoms with E-state index in [1.54, 1.807) is 12.1 Å². The van der Waals surface area contributed by atoms with Crippen LogP contribution in [0.25, 0.3) is 0 Å². The number of carbonyl (C=O) groups is 1. The van der Waals surface area contributed by atoms with Crippen molar-refractivity contribution in [2.75, 3.05) is 10.7 Å². The van der Waals surface area contributed by atoms with Crippen LogP contribution in [0.2, 0.25) is 0 Å². The van der Waals surface area contributed by atoms with Gasteiger partial charge in [-0.2, -0.15) is 0 Å². The van der Waals surface area contributed by atoms with E-state index >= 15 is 0 Å². The molecule has 0 bridgehead atoms. The number of nitrogen functional groups attached to an aromatic ring is 1. The van der Waals surface area contributed by atoms with Gasteiger partial charge in [0, 0.05) is 11.9 Å². The third-order valence-corrected chi connectivity index (χ3v) is 2.51. The SMILES string of the molecule is Cc1cc(C)nc(NC(=O)c2ccc(NN)nc2)c1. The molecular weight excluding hydrogens is 242 g/mol. The van der Waals surface area contributed by atoms with E-state index in [1.165, 1.54) is 6.20 Å². The first-order valence-electron chi connectivity index (χ1n) is 5.78. The third kappa shape index (κ3) is 3.26. The highest BCUT2D eigenvalue weighted by Crippen LogP contribution is 2.11. The van der Waals surface area contributed by atoms with Gasteiger partial charge in [0.05, 0.1) is 5.56 Å². The minimum atomic E-state index is -0.256. The van der Waals surface area contributed by atoms with E-state index in [2.05, 4.69) is 20.7 Å². The molecular formula is C13H15N5O. The number of aromatic nitrogens is 2. The molecule has 0 fully saturated rings. The lowest BCUT2D eigenvalue weighted by Gasteiger charge is -2.07. The maximum Gasteiger partial charge on any atom is 0.258 e. The quantitative estimate of drug-likeness (QED) is 0.574. The number of hydrogen-bond acceptors (Lipinski definition) is 5. The Morgan fingerprint density at radius 1 is 1.21 bits per heavy atom. The van der Waals surface area contributed by atoms with Crippen molar-refractivity contribution in [3.8, 4) is 0 Å². The average molecular weight is 257 g/mol. The van der Waals surface area contributed by atoms with Gasteiger partial charge in [-0.1, -0.05) is 0 Å². The molecule has 19 heavy (non-hydrogen) atoms. The molecule has 0 spiro atoms. The molecule has 0 unspecified atom stereocenters. The number of rotatable bonds is 3. The fourth-order valence-corrected chi connectivity index (χ4v) is 1.71. The van der Waals surface area contributed by atoms with Crippen LogP contribution in [-0.2, 0) is 0 Å². The van der Waals surface area contributed by atoms with Crippen LogP contribution in [0.4, 0.5) is 11.6 Å². The second-order valence-corrected chi connectivity index (χ2v) is 4.20. The lowest BCUT2D eigenvalue weighted by molar-refractivity contribution is 0.102. The van der Waals surface area contributed by atoms with E-state index in [9.17, 15) is 4.79 Å². The number of anilines is 2. The maximum atomic E-state index is 12.0. The predicted molar refractivity (Wildman–Crippen MR) is 73.7 cm³/mol. The Morgan fingerprint density at radius 3 is 2.58 bits per heavy atom. The molecule has 2 aromatic rings. The Balaban J connectivity index is 2.15. The monoisotopic (exact) mass is 257 g/mol. The summed E-state index contributed by atoms with van der Waals surface area (Å²) in [5.74, 6) is 5.99. The number of nitrogens with zero attached hydrogens (tertiary/aromatic N) is 2. The summed E-state index contributed by atoms with van der Waals surface area (Å²) in [5.41, 5.74) is 4.75. The number of hydrazine groups is 1. The molecule has 0 aliphatic carbocycles. The standard InChI is InChI=1S/C13H15N5O/c1-8-5-9(2)16-12(6-8)17-13(19)10-3-4-11(18-14)15-7-10/h3-7H,14H2,1-2H3,(H,15,18)(H,16,17,19). The number of hydrogen-bond donors (Lipinski definition) is 3. The van der Waals surface area contributed by atoms with Crippen LogP contribution in [0.3, 0.4) is 0 Å². The fraction of sp³-hybridized carbons (Fsp3) is 0.154. The molecule has 98 valence electrons. The van der Waals surface area contributed by atoms with Gasteiger partial charge in [0.25, 0.3) is 5.91 Å². The minimum Gasteiger partial charge on any atom is -0.308 e. The summed E-state index contributed by atoms with van der Waals surface area (Å²) in [6, 6.07) is 7.02. The number of carbonyl (C=O) groups excluding carboxylic acids is 1. The molecule has 0 aromatic carbocycles. The van der Waals surface area contributed by atoms with Gasteiger partial charge >= 0.3 is 0 Å². The van der Waals surface area contributed by atoms with E-state index in [1.807, 2.05) is 26.0 Å². The zero-order chi connectivity index (χ0) is 13.8. The van der Waals surface area contributed by atoms with Gasteiger partial charge in [0.15, 0.2) is 0 Å². The van der Waals surface area contributed by atoms with Gasteiger partial charge < -0.3 is 10.7 Å². The minimum absolute atomic E-state index is 0.256. The molecule has 2 aromatic heterocycles. The van der Waals surface area contributed by atoms with E-state index in [0.29, 0.717) is 17.2 Å². The Bertz CT molecular complexity index is 574. The van der Waals surface area contributed by atoms with Crippen molar-refractivity contribution in [1.82, 2.24) is 9.97 Å². The van der Waals surface area contributed by atoms with E-state index in [4.69, 9.17) is 5.84 Å². The van der Waals surface area contributed by atoms with Crippen molar-refractivity contribution in [3.63, 3.8) is 0 Å². The highest BCUT2D eigenvalue weighted by molar-refractivity contribution is 6.03. The Kier molecular flexibility index (Phi) is 3.72. The number of nitrogens with two attached hydrogens (primary N) is 1. The normalized spacial score (nSPS) is 10.1. The summed E-state index contributed by atoms with van der Waals surface area (Å²) in [4.78, 5) is 20.2. The number of nitrogens with one attached hydrogen (secondary N) is 2. The Hall–Kier alpha value is -2.47. The zero-order valence-corrected chi connectivity index (χ0v) is 10.8. The van der Waals surface area contributed by atoms with Crippen molar-refractivity contribution >= 4 is 17.5 Å². The highest BCUT2D eigenvalue weighted by Gasteiger charge is 2.08. The molecule has 2 rings (SSSR count). The van der Waals surface area contributed by atoms with Crippen LogP contribution < -0.4 is 16.6 Å². The van der Waals surface area contributed by atoms with Crippen molar-refractivity contribution < 1.29 is 4.79 Å². The van der Waals surface area contributed by atoms with E-state index in [-0.39, 0.29) is 5.91 Å². The van der Waals surface area contributed by atoms with Gasteiger partial charge in [-0.3, -0.25) is 4.79 Å². The van der Waals surface area contributed by atoms with Gasteiger partial charge in [-0.25, -0.2) is 15.8 Å².